The van der Waals surface area contributed by atoms with Crippen molar-refractivity contribution in [3.63, 3.8) is 0 Å². The molecule has 4 N–H and O–H groups in total. The van der Waals surface area contributed by atoms with Crippen LogP contribution < -0.4 is 10.6 Å². The molecular weight excluding hydrogens is 863 g/mol. The number of aromatic nitrogens is 4. The Morgan fingerprint density at radius 2 is 1.17 bits per heavy atom. The van der Waals surface area contributed by atoms with Crippen LogP contribution in [0.3, 0.4) is 0 Å². The summed E-state index contributed by atoms with van der Waals surface area (Å²) in [7, 11) is 2.58. The Kier molecular flexibility index (Phi) is 11.5. The number of amides is 4. The Morgan fingerprint density at radius 3 is 1.70 bits per heavy atom. The SMILES string of the molecule is COC(=O)NC(C(=O)N1C2=CC2CC1c1nc(-c2ccc(-c3ccc(-c4nc(C5C=C6CC6N5C(=O)C(NC(=O)OC)C5CCOCC5)[nH]c4Cl)cc3)cc2)c(Cl)[nH]1)C1CCOCC1. The lowest BCUT2D eigenvalue weighted by Crippen LogP contribution is -2.54. The number of allylic oxidation sites excluding steroid dienone is 2. The fraction of sp³-hybridized carbons (Fsp3) is 0.435. The van der Waals surface area contributed by atoms with Crippen molar-refractivity contribution >= 4 is 47.2 Å². The monoisotopic (exact) mass is 910 g/mol. The van der Waals surface area contributed by atoms with Gasteiger partial charge >= 0.3 is 12.2 Å². The zero-order valence-corrected chi connectivity index (χ0v) is 36.8. The average Bonchev–Trinajstić information content (AvgIpc) is 4.04. The van der Waals surface area contributed by atoms with Gasteiger partial charge in [-0.3, -0.25) is 9.59 Å². The molecule has 0 spiro atoms. The van der Waals surface area contributed by atoms with Crippen molar-refractivity contribution in [2.24, 2.45) is 17.8 Å². The first-order chi connectivity index (χ1) is 31.1. The molecule has 18 heteroatoms. The van der Waals surface area contributed by atoms with Crippen molar-refractivity contribution in [1.29, 1.82) is 0 Å². The van der Waals surface area contributed by atoms with Gasteiger partial charge in [0.1, 0.15) is 51.5 Å². The molecule has 16 nitrogen and oxygen atoms in total. The molecule has 0 radical (unpaired) electrons. The standard InChI is InChI=1S/C46H48Cl2N8O8/c1-61-45(59)51-37(27-11-15-63-16-12-27)43(57)55-31-19-29(31)21-33(55)41-49-35(39(47)53-41)25-7-3-23(4-8-25)24-5-9-26(10-6-24)36-40(48)54-42(50-36)34-22-30-20-32(30)56(34)44(58)38(52-46(60)62-2)28-13-17-64-18-14-28/h3-10,19,22,27-29,32-34,37-38H,11-18,20-21H2,1-2H3,(H,49,53)(H,50,54)(H,51,59)(H,52,60). The minimum absolute atomic E-state index is 0.0430. The maximum atomic E-state index is 14.2. The van der Waals surface area contributed by atoms with E-state index >= 15 is 0 Å². The zero-order valence-electron chi connectivity index (χ0n) is 35.3. The highest BCUT2D eigenvalue weighted by Crippen LogP contribution is 2.52. The summed E-state index contributed by atoms with van der Waals surface area (Å²) in [5.41, 5.74) is 6.79. The van der Waals surface area contributed by atoms with Crippen LogP contribution >= 0.6 is 23.2 Å². The highest BCUT2D eigenvalue weighted by atomic mass is 35.5. The Balaban J connectivity index is 0.832. The maximum absolute atomic E-state index is 14.2. The zero-order chi connectivity index (χ0) is 44.2. The van der Waals surface area contributed by atoms with Gasteiger partial charge in [0.2, 0.25) is 11.8 Å². The molecule has 4 aliphatic heterocycles. The van der Waals surface area contributed by atoms with Crippen LogP contribution in [0.4, 0.5) is 9.59 Å². The van der Waals surface area contributed by atoms with E-state index in [1.807, 2.05) is 53.4 Å². The van der Waals surface area contributed by atoms with Gasteiger partial charge in [-0.25, -0.2) is 19.6 Å². The summed E-state index contributed by atoms with van der Waals surface area (Å²) in [6.07, 6.45) is 6.91. The van der Waals surface area contributed by atoms with Crippen LogP contribution in [0.15, 0.2) is 72.0 Å². The van der Waals surface area contributed by atoms with Crippen LogP contribution in [0.25, 0.3) is 33.6 Å². The molecule has 0 bridgehead atoms. The first kappa shape index (κ1) is 42.3. The summed E-state index contributed by atoms with van der Waals surface area (Å²) in [4.78, 5) is 73.1. The molecule has 6 unspecified atom stereocenters. The largest absolute Gasteiger partial charge is 0.453 e. The van der Waals surface area contributed by atoms with Crippen molar-refractivity contribution in [2.45, 2.75) is 68.7 Å². The van der Waals surface area contributed by atoms with E-state index in [1.165, 1.54) is 14.2 Å². The second-order valence-electron chi connectivity index (χ2n) is 17.2. The smallest absolute Gasteiger partial charge is 0.407 e. The van der Waals surface area contributed by atoms with Crippen LogP contribution in [-0.4, -0.2) is 113 Å². The minimum atomic E-state index is -0.762. The number of rotatable bonds is 11. The Morgan fingerprint density at radius 1 is 0.688 bits per heavy atom. The first-order valence-corrected chi connectivity index (χ1v) is 22.5. The second-order valence-corrected chi connectivity index (χ2v) is 17.9. The van der Waals surface area contributed by atoms with Gasteiger partial charge in [-0.15, -0.1) is 0 Å². The summed E-state index contributed by atoms with van der Waals surface area (Å²) in [6.45, 7) is 2.10. The summed E-state index contributed by atoms with van der Waals surface area (Å²) in [5, 5.41) is 6.34. The van der Waals surface area contributed by atoms with Crippen LogP contribution in [0, 0.1) is 17.8 Å². The van der Waals surface area contributed by atoms with Crippen LogP contribution in [0.1, 0.15) is 62.3 Å². The number of ether oxygens (including phenoxy) is 4. The van der Waals surface area contributed by atoms with Gasteiger partial charge in [0.25, 0.3) is 0 Å². The number of H-pyrrole nitrogens is 2. The quantitative estimate of drug-likeness (QED) is 0.113. The van der Waals surface area contributed by atoms with Crippen LogP contribution in [0.5, 0.6) is 0 Å². The molecule has 4 fully saturated rings. The maximum Gasteiger partial charge on any atom is 0.407 e. The molecular formula is C46H48Cl2N8O8. The third-order valence-electron chi connectivity index (χ3n) is 13.4. The summed E-state index contributed by atoms with van der Waals surface area (Å²) in [5.74, 6) is 0.760. The Labute approximate surface area is 379 Å². The van der Waals surface area contributed by atoms with Gasteiger partial charge in [-0.1, -0.05) is 83.9 Å². The topological polar surface area (TPSA) is 193 Å². The number of halogens is 2. The van der Waals surface area contributed by atoms with E-state index in [4.69, 9.17) is 52.1 Å². The van der Waals surface area contributed by atoms with Crippen LogP contribution in [-0.2, 0) is 28.5 Å². The molecule has 6 aliphatic rings. The van der Waals surface area contributed by atoms with E-state index in [0.29, 0.717) is 91.9 Å². The Bertz CT molecular complexity index is 2530. The summed E-state index contributed by atoms with van der Waals surface area (Å²) in [6, 6.07) is 13.5. The fourth-order valence-corrected chi connectivity index (χ4v) is 10.3. The normalized spacial score (nSPS) is 23.6. The third kappa shape index (κ3) is 8.05. The molecule has 4 amide bonds. The van der Waals surface area contributed by atoms with Gasteiger partial charge in [0, 0.05) is 49.2 Å². The van der Waals surface area contributed by atoms with Gasteiger partial charge in [-0.2, -0.15) is 0 Å². The van der Waals surface area contributed by atoms with E-state index in [-0.39, 0.29) is 41.7 Å². The van der Waals surface area contributed by atoms with E-state index in [2.05, 4.69) is 32.8 Å². The number of aromatic amines is 2. The van der Waals surface area contributed by atoms with E-state index in [1.54, 1.807) is 4.90 Å². The molecule has 4 aromatic rings. The van der Waals surface area contributed by atoms with E-state index in [0.717, 1.165) is 39.9 Å². The average molecular weight is 912 g/mol. The molecule has 10 rings (SSSR count). The lowest BCUT2D eigenvalue weighted by atomic mass is 9.90. The molecule has 2 aliphatic carbocycles. The number of hydrogen-bond donors (Lipinski definition) is 4. The van der Waals surface area contributed by atoms with E-state index in [9.17, 15) is 19.2 Å². The lowest BCUT2D eigenvalue weighted by molar-refractivity contribution is -0.137. The molecule has 64 heavy (non-hydrogen) atoms. The predicted octanol–water partition coefficient (Wildman–Crippen LogP) is 7.11. The molecule has 6 heterocycles. The highest BCUT2D eigenvalue weighted by molar-refractivity contribution is 6.32. The number of hydrogen-bond acceptors (Lipinski definition) is 10. The van der Waals surface area contributed by atoms with Gasteiger partial charge in [0.15, 0.2) is 0 Å². The number of fused-ring (bicyclic) bond motifs is 2. The van der Waals surface area contributed by atoms with Crippen molar-refractivity contribution in [1.82, 2.24) is 40.4 Å². The molecule has 6 atom stereocenters. The number of methoxy groups -OCH3 is 2. The van der Waals surface area contributed by atoms with Gasteiger partial charge in [-0.05, 0) is 67.1 Å². The number of alkyl carbamates (subject to hydrolysis) is 2. The number of benzene rings is 2. The van der Waals surface area contributed by atoms with E-state index < -0.39 is 30.3 Å². The summed E-state index contributed by atoms with van der Waals surface area (Å²) >= 11 is 13.6. The number of nitrogens with one attached hydrogen (secondary N) is 4. The molecule has 1 saturated carbocycles. The summed E-state index contributed by atoms with van der Waals surface area (Å²) < 4.78 is 20.9. The molecule has 3 saturated heterocycles. The first-order valence-electron chi connectivity index (χ1n) is 21.7. The predicted molar refractivity (Wildman–Crippen MR) is 235 cm³/mol. The van der Waals surface area contributed by atoms with Gasteiger partial charge < -0.3 is 49.3 Å². The number of likely N-dealkylation sites (tertiary alicyclic amines) is 1. The molecule has 2 aromatic heterocycles. The lowest BCUT2D eigenvalue weighted by Gasteiger charge is -2.35. The highest BCUT2D eigenvalue weighted by Gasteiger charge is 2.52. The van der Waals surface area contributed by atoms with Crippen molar-refractivity contribution < 1.29 is 38.1 Å². The third-order valence-corrected chi connectivity index (χ3v) is 14.0. The number of nitrogens with zero attached hydrogens (tertiary/aromatic N) is 4. The van der Waals surface area contributed by atoms with Gasteiger partial charge in [0.05, 0.1) is 26.3 Å². The van der Waals surface area contributed by atoms with Crippen molar-refractivity contribution in [2.75, 3.05) is 40.6 Å². The Hall–Kier alpha value is -5.68. The number of carbonyl (C=O) groups excluding carboxylic acids is 4. The fourth-order valence-electron chi connectivity index (χ4n) is 9.85. The molecule has 2 aromatic carbocycles. The molecule has 334 valence electrons. The minimum Gasteiger partial charge on any atom is -0.453 e. The number of imidazole rings is 2. The number of carbonyl (C=O) groups is 4. The second kappa shape index (κ2) is 17.4. The van der Waals surface area contributed by atoms with Crippen LogP contribution in [0.2, 0.25) is 10.3 Å². The van der Waals surface area contributed by atoms with Crippen molar-refractivity contribution in [3.8, 4) is 33.6 Å². The van der Waals surface area contributed by atoms with Crippen molar-refractivity contribution in [3.05, 3.63) is 93.9 Å².